The molecular formula is C12H14N4O2S. The van der Waals surface area contributed by atoms with Gasteiger partial charge in [-0.05, 0) is 12.2 Å². The predicted octanol–water partition coefficient (Wildman–Crippen LogP) is 0.701. The van der Waals surface area contributed by atoms with Gasteiger partial charge in [0.05, 0.1) is 32.6 Å². The molecule has 2 aliphatic carbocycles. The van der Waals surface area contributed by atoms with E-state index < -0.39 is 9.84 Å². The van der Waals surface area contributed by atoms with Crippen molar-refractivity contribution < 1.29 is 8.42 Å². The highest BCUT2D eigenvalue weighted by atomic mass is 32.2. The lowest BCUT2D eigenvalue weighted by Crippen LogP contribution is -2.19. The lowest BCUT2D eigenvalue weighted by atomic mass is 10.1. The van der Waals surface area contributed by atoms with Gasteiger partial charge in [-0.2, -0.15) is 0 Å². The topological polar surface area (TPSA) is 134 Å². The molecule has 6 nitrogen and oxygen atoms in total. The third-order valence-electron chi connectivity index (χ3n) is 2.93. The molecule has 2 rings (SSSR count). The molecule has 0 aromatic rings. The summed E-state index contributed by atoms with van der Waals surface area (Å²) in [5.41, 5.74) is 11.9. The molecule has 0 radical (unpaired) electrons. The van der Waals surface area contributed by atoms with Crippen molar-refractivity contribution in [1.29, 1.82) is 10.8 Å². The summed E-state index contributed by atoms with van der Waals surface area (Å²) in [4.78, 5) is 0.148. The molecule has 19 heavy (non-hydrogen) atoms. The van der Waals surface area contributed by atoms with Crippen LogP contribution in [0.3, 0.4) is 0 Å². The summed E-state index contributed by atoms with van der Waals surface area (Å²) < 4.78 is 24.7. The summed E-state index contributed by atoms with van der Waals surface area (Å²) in [5.74, 6) is 0. The molecule has 0 aliphatic heterocycles. The number of sulfone groups is 1. The zero-order valence-corrected chi connectivity index (χ0v) is 10.9. The van der Waals surface area contributed by atoms with Gasteiger partial charge in [0.25, 0.3) is 0 Å². The van der Waals surface area contributed by atoms with E-state index in [0.29, 0.717) is 0 Å². The molecule has 7 heteroatoms. The fourth-order valence-corrected chi connectivity index (χ4v) is 3.19. The van der Waals surface area contributed by atoms with Gasteiger partial charge in [-0.15, -0.1) is 0 Å². The van der Waals surface area contributed by atoms with Gasteiger partial charge in [-0.3, -0.25) is 0 Å². The Kier molecular flexibility index (Phi) is 3.15. The third kappa shape index (κ3) is 2.37. The Balaban J connectivity index is 2.41. The largest absolute Gasteiger partial charge is 0.397 e. The van der Waals surface area contributed by atoms with E-state index in [9.17, 15) is 8.42 Å². The molecule has 0 fully saturated rings. The van der Waals surface area contributed by atoms with Gasteiger partial charge < -0.3 is 22.3 Å². The van der Waals surface area contributed by atoms with Gasteiger partial charge in [0, 0.05) is 12.8 Å². The van der Waals surface area contributed by atoms with Crippen molar-refractivity contribution in [2.45, 2.75) is 12.8 Å². The van der Waals surface area contributed by atoms with Crippen LogP contribution in [0.2, 0.25) is 0 Å². The van der Waals surface area contributed by atoms with E-state index in [2.05, 4.69) is 0 Å². The SMILES string of the molecule is N=C1CC=C(S(=O)(=O)C2=CCC(=N)C(N)=C2)C=C1N. The first-order valence-electron chi connectivity index (χ1n) is 5.57. The second-order valence-corrected chi connectivity index (χ2v) is 6.23. The zero-order valence-electron chi connectivity index (χ0n) is 10.1. The third-order valence-corrected chi connectivity index (χ3v) is 4.74. The van der Waals surface area contributed by atoms with Crippen molar-refractivity contribution in [3.05, 3.63) is 45.5 Å². The van der Waals surface area contributed by atoms with E-state index in [1.165, 1.54) is 24.3 Å². The molecule has 0 saturated heterocycles. The van der Waals surface area contributed by atoms with Gasteiger partial charge in [0.1, 0.15) is 0 Å². The summed E-state index contributed by atoms with van der Waals surface area (Å²) in [6.45, 7) is 0. The summed E-state index contributed by atoms with van der Waals surface area (Å²) in [5, 5.41) is 15.0. The molecule has 6 N–H and O–H groups in total. The molecule has 0 atom stereocenters. The second kappa shape index (κ2) is 4.51. The van der Waals surface area contributed by atoms with Crippen molar-refractivity contribution >= 4 is 21.3 Å². The van der Waals surface area contributed by atoms with Gasteiger partial charge in [-0.25, -0.2) is 8.42 Å². The van der Waals surface area contributed by atoms with Crippen molar-refractivity contribution in [3.8, 4) is 0 Å². The number of hydrogen-bond acceptors (Lipinski definition) is 6. The second-order valence-electron chi connectivity index (χ2n) is 4.28. The van der Waals surface area contributed by atoms with Crippen LogP contribution in [0, 0.1) is 10.8 Å². The average Bonchev–Trinajstić information content (AvgIpc) is 2.35. The van der Waals surface area contributed by atoms with Gasteiger partial charge in [-0.1, -0.05) is 12.2 Å². The Morgan fingerprint density at radius 3 is 1.58 bits per heavy atom. The lowest BCUT2D eigenvalue weighted by molar-refractivity contribution is 0.609. The van der Waals surface area contributed by atoms with Crippen LogP contribution < -0.4 is 11.5 Å². The highest BCUT2D eigenvalue weighted by Crippen LogP contribution is 2.26. The first-order valence-corrected chi connectivity index (χ1v) is 7.06. The van der Waals surface area contributed by atoms with Crippen LogP contribution in [0.1, 0.15) is 12.8 Å². The minimum atomic E-state index is -3.68. The molecule has 100 valence electrons. The molecular weight excluding hydrogens is 264 g/mol. The summed E-state index contributed by atoms with van der Waals surface area (Å²) in [6, 6.07) is 0. The monoisotopic (exact) mass is 278 g/mol. The Morgan fingerprint density at radius 2 is 1.26 bits per heavy atom. The molecule has 0 heterocycles. The Morgan fingerprint density at radius 1 is 0.895 bits per heavy atom. The van der Waals surface area contributed by atoms with E-state index in [0.717, 1.165) is 0 Å². The van der Waals surface area contributed by atoms with Crippen molar-refractivity contribution in [3.63, 3.8) is 0 Å². The van der Waals surface area contributed by atoms with Gasteiger partial charge in [0.2, 0.25) is 9.84 Å². The first-order chi connectivity index (χ1) is 8.82. The van der Waals surface area contributed by atoms with E-state index in [-0.39, 0.29) is 45.5 Å². The van der Waals surface area contributed by atoms with Crippen molar-refractivity contribution in [2.24, 2.45) is 11.5 Å². The van der Waals surface area contributed by atoms with Crippen molar-refractivity contribution in [1.82, 2.24) is 0 Å². The zero-order chi connectivity index (χ0) is 14.2. The molecule has 0 aromatic carbocycles. The number of rotatable bonds is 2. The molecule has 0 saturated carbocycles. The highest BCUT2D eigenvalue weighted by molar-refractivity contribution is 7.99. The molecule has 0 amide bonds. The maximum atomic E-state index is 12.4. The molecule has 0 bridgehead atoms. The number of nitrogens with two attached hydrogens (primary N) is 2. The van der Waals surface area contributed by atoms with E-state index in [1.54, 1.807) is 0 Å². The van der Waals surface area contributed by atoms with Gasteiger partial charge in [0.15, 0.2) is 0 Å². The number of nitrogens with one attached hydrogen (secondary N) is 2. The van der Waals surface area contributed by atoms with Crippen LogP contribution in [-0.2, 0) is 9.84 Å². The lowest BCUT2D eigenvalue weighted by Gasteiger charge is -2.16. The minimum absolute atomic E-state index is 0.0738. The van der Waals surface area contributed by atoms with Crippen LogP contribution in [0.5, 0.6) is 0 Å². The molecule has 2 aliphatic rings. The fraction of sp³-hybridized carbons (Fsp3) is 0.167. The first kappa shape index (κ1) is 13.3. The maximum Gasteiger partial charge on any atom is 0.206 e. The molecule has 0 unspecified atom stereocenters. The standard InChI is InChI=1S/C12H14N4O2S/c13-9-3-1-7(5-11(9)15)19(17,18)8-2-4-10(14)12(16)6-8/h1-2,5-6,13-14H,3-4,15-16H2. The van der Waals surface area contributed by atoms with Gasteiger partial charge >= 0.3 is 0 Å². The quantitative estimate of drug-likeness (QED) is 0.591. The van der Waals surface area contributed by atoms with E-state index >= 15 is 0 Å². The average molecular weight is 278 g/mol. The number of allylic oxidation sites excluding steroid dienone is 6. The Hall–Kier alpha value is -2.15. The highest BCUT2D eigenvalue weighted by Gasteiger charge is 2.25. The number of hydrogen-bond donors (Lipinski definition) is 4. The van der Waals surface area contributed by atoms with Crippen LogP contribution in [0.25, 0.3) is 0 Å². The van der Waals surface area contributed by atoms with Crippen LogP contribution >= 0.6 is 0 Å². The summed E-state index contributed by atoms with van der Waals surface area (Å²) in [6.07, 6.45) is 5.87. The maximum absolute atomic E-state index is 12.4. The van der Waals surface area contributed by atoms with Crippen LogP contribution in [-0.4, -0.2) is 19.8 Å². The van der Waals surface area contributed by atoms with Crippen molar-refractivity contribution in [2.75, 3.05) is 0 Å². The van der Waals surface area contributed by atoms with Crippen LogP contribution in [0.15, 0.2) is 45.5 Å². The summed E-state index contributed by atoms with van der Waals surface area (Å²) >= 11 is 0. The summed E-state index contributed by atoms with van der Waals surface area (Å²) in [7, 11) is -3.68. The predicted molar refractivity (Wildman–Crippen MR) is 74.3 cm³/mol. The molecule has 0 spiro atoms. The smallest absolute Gasteiger partial charge is 0.206 e. The Bertz CT molecular complexity index is 639. The minimum Gasteiger partial charge on any atom is -0.397 e. The molecule has 0 aromatic heterocycles. The normalized spacial score (nSPS) is 20.4. The van der Waals surface area contributed by atoms with E-state index in [1.807, 2.05) is 0 Å². The fourth-order valence-electron chi connectivity index (χ4n) is 1.75. The Labute approximate surface area is 111 Å². The van der Waals surface area contributed by atoms with E-state index in [4.69, 9.17) is 22.3 Å². The van der Waals surface area contributed by atoms with Crippen LogP contribution in [0.4, 0.5) is 0 Å².